The average molecular weight is 486 g/mol. The van der Waals surface area contributed by atoms with Crippen molar-refractivity contribution >= 4 is 40.5 Å². The van der Waals surface area contributed by atoms with E-state index in [1.165, 1.54) is 44.8 Å². The molecule has 0 unspecified atom stereocenters. The summed E-state index contributed by atoms with van der Waals surface area (Å²) < 4.78 is 6.41. The fourth-order valence-corrected chi connectivity index (χ4v) is 5.63. The van der Waals surface area contributed by atoms with Crippen LogP contribution in [0.25, 0.3) is 0 Å². The number of para-hydroxylation sites is 2. The maximum atomic E-state index is 6.41. The van der Waals surface area contributed by atoms with Gasteiger partial charge >= 0.3 is 6.85 Å². The number of hydrogen-bond acceptors (Lipinski definition) is 3. The molecule has 4 heteroatoms. The first-order valence-corrected chi connectivity index (χ1v) is 13.2. The Morgan fingerprint density at radius 1 is 0.568 bits per heavy atom. The van der Waals surface area contributed by atoms with Gasteiger partial charge in [0.25, 0.3) is 0 Å². The Morgan fingerprint density at radius 2 is 1.00 bits per heavy atom. The second-order valence-corrected chi connectivity index (χ2v) is 12.4. The smallest absolute Gasteiger partial charge is 0.335 e. The minimum Gasteiger partial charge on any atom is -0.458 e. The summed E-state index contributed by atoms with van der Waals surface area (Å²) in [6.07, 6.45) is 0. The van der Waals surface area contributed by atoms with Gasteiger partial charge in [0.2, 0.25) is 0 Å². The van der Waals surface area contributed by atoms with Crippen molar-refractivity contribution in [3.8, 4) is 11.5 Å². The predicted octanol–water partition coefficient (Wildman–Crippen LogP) is 7.41. The molecule has 0 saturated heterocycles. The quantitative estimate of drug-likeness (QED) is 0.261. The van der Waals surface area contributed by atoms with Gasteiger partial charge in [0, 0.05) is 7.05 Å². The molecular formula is C33H35BN2O. The fourth-order valence-electron chi connectivity index (χ4n) is 5.63. The number of fused-ring (bicyclic) bond motifs is 4. The molecule has 0 saturated carbocycles. The molecule has 0 spiro atoms. The largest absolute Gasteiger partial charge is 0.458 e. The molecule has 0 bridgehead atoms. The zero-order valence-electron chi connectivity index (χ0n) is 23.0. The lowest BCUT2D eigenvalue weighted by atomic mass is 9.47. The molecule has 0 aromatic heterocycles. The van der Waals surface area contributed by atoms with Crippen LogP contribution in [0, 0.1) is 0 Å². The van der Waals surface area contributed by atoms with Gasteiger partial charge in [-0.2, -0.15) is 0 Å². The van der Waals surface area contributed by atoms with Gasteiger partial charge in [0.1, 0.15) is 11.5 Å². The molecule has 186 valence electrons. The summed E-state index contributed by atoms with van der Waals surface area (Å²) in [4.78, 5) is 4.91. The third-order valence-electron chi connectivity index (χ3n) is 7.83. The summed E-state index contributed by atoms with van der Waals surface area (Å²) in [5.74, 6) is 1.85. The van der Waals surface area contributed by atoms with E-state index < -0.39 is 0 Å². The van der Waals surface area contributed by atoms with Crippen LogP contribution in [0.5, 0.6) is 11.5 Å². The molecule has 4 aromatic carbocycles. The monoisotopic (exact) mass is 486 g/mol. The number of anilines is 4. The predicted molar refractivity (Wildman–Crippen MR) is 158 cm³/mol. The summed E-state index contributed by atoms with van der Waals surface area (Å²) in [5, 5.41) is 0. The minimum absolute atomic E-state index is 0.0159. The maximum Gasteiger partial charge on any atom is 0.335 e. The topological polar surface area (TPSA) is 15.7 Å². The van der Waals surface area contributed by atoms with Crippen molar-refractivity contribution in [2.75, 3.05) is 16.8 Å². The van der Waals surface area contributed by atoms with E-state index in [4.69, 9.17) is 4.74 Å². The molecule has 0 atom stereocenters. The van der Waals surface area contributed by atoms with Crippen molar-refractivity contribution in [3.63, 3.8) is 0 Å². The van der Waals surface area contributed by atoms with Crippen molar-refractivity contribution in [2.24, 2.45) is 0 Å². The molecule has 2 aliphatic rings. The van der Waals surface area contributed by atoms with Gasteiger partial charge in [-0.3, -0.25) is 0 Å². The third-order valence-corrected chi connectivity index (χ3v) is 7.83. The maximum absolute atomic E-state index is 6.41. The zero-order valence-corrected chi connectivity index (χ0v) is 23.0. The van der Waals surface area contributed by atoms with E-state index in [0.717, 1.165) is 11.5 Å². The van der Waals surface area contributed by atoms with Crippen molar-refractivity contribution in [1.82, 2.24) is 0 Å². The number of benzene rings is 4. The van der Waals surface area contributed by atoms with Crippen LogP contribution < -0.4 is 25.4 Å². The Kier molecular flexibility index (Phi) is 5.24. The van der Waals surface area contributed by atoms with Gasteiger partial charge in [-0.1, -0.05) is 90.1 Å². The first-order valence-electron chi connectivity index (χ1n) is 13.2. The number of rotatable bonds is 1. The SMILES string of the molecule is CN1c2ccc(C(C)(C)C)cc2N(B2c3ccccc3Oc3ccccc32)c2cc(C(C)(C)C)ccc21. The van der Waals surface area contributed by atoms with Crippen LogP contribution in [0.1, 0.15) is 52.7 Å². The molecule has 2 heterocycles. The third kappa shape index (κ3) is 3.82. The highest BCUT2D eigenvalue weighted by atomic mass is 16.5. The second kappa shape index (κ2) is 8.18. The number of hydrogen-bond donors (Lipinski definition) is 0. The van der Waals surface area contributed by atoms with E-state index in [1.807, 2.05) is 0 Å². The molecule has 6 rings (SSSR count). The van der Waals surface area contributed by atoms with E-state index in [9.17, 15) is 0 Å². The summed E-state index contributed by atoms with van der Waals surface area (Å²) in [6, 6.07) is 30.9. The molecule has 0 aliphatic carbocycles. The van der Waals surface area contributed by atoms with E-state index in [0.29, 0.717) is 0 Å². The van der Waals surface area contributed by atoms with Crippen molar-refractivity contribution in [3.05, 3.63) is 96.1 Å². The standard InChI is InChI=1S/C33H35BN2O/c1-32(2,3)22-16-18-26-28(20-22)36(29-21-23(33(4,5)6)17-19-27(29)35(26)7)34-24-12-8-10-14-30(24)37-31-15-11-9-13-25(31)34/h8-21H,1-7H3. The van der Waals surface area contributed by atoms with Crippen LogP contribution in [0.15, 0.2) is 84.9 Å². The molecule has 2 aliphatic heterocycles. The van der Waals surface area contributed by atoms with Crippen LogP contribution in [-0.4, -0.2) is 13.9 Å². The first kappa shape index (κ1) is 23.7. The zero-order chi connectivity index (χ0) is 26.1. The second-order valence-electron chi connectivity index (χ2n) is 12.4. The summed E-state index contributed by atoms with van der Waals surface area (Å²) >= 11 is 0. The lowest BCUT2D eigenvalue weighted by molar-refractivity contribution is 0.487. The lowest BCUT2D eigenvalue weighted by Crippen LogP contribution is -2.58. The summed E-state index contributed by atoms with van der Waals surface area (Å²) in [5.41, 5.74) is 9.99. The van der Waals surface area contributed by atoms with Crippen molar-refractivity contribution in [1.29, 1.82) is 0 Å². The van der Waals surface area contributed by atoms with Gasteiger partial charge in [0.15, 0.2) is 0 Å². The minimum atomic E-state index is -0.0159. The highest BCUT2D eigenvalue weighted by molar-refractivity contribution is 6.91. The molecule has 0 fully saturated rings. The Hall–Kier alpha value is -3.66. The molecule has 3 nitrogen and oxygen atoms in total. The van der Waals surface area contributed by atoms with Crippen molar-refractivity contribution in [2.45, 2.75) is 52.4 Å². The fraction of sp³-hybridized carbons (Fsp3) is 0.273. The lowest BCUT2D eigenvalue weighted by Gasteiger charge is -2.44. The van der Waals surface area contributed by atoms with Gasteiger partial charge < -0.3 is 14.4 Å². The normalized spacial score (nSPS) is 14.4. The number of ether oxygens (including phenoxy) is 1. The van der Waals surface area contributed by atoms with Crippen LogP contribution >= 0.6 is 0 Å². The molecule has 0 amide bonds. The highest BCUT2D eigenvalue weighted by Crippen LogP contribution is 2.50. The van der Waals surface area contributed by atoms with E-state index >= 15 is 0 Å². The molecule has 4 aromatic rings. The Balaban J connectivity index is 1.69. The number of nitrogens with zero attached hydrogens (tertiary/aromatic N) is 2. The van der Waals surface area contributed by atoms with E-state index in [-0.39, 0.29) is 17.7 Å². The Bertz CT molecular complexity index is 1400. The first-order chi connectivity index (χ1) is 17.5. The van der Waals surface area contributed by atoms with Gasteiger partial charge in [0.05, 0.1) is 22.7 Å². The Labute approximate surface area is 221 Å². The van der Waals surface area contributed by atoms with Gasteiger partial charge in [-0.15, -0.1) is 0 Å². The van der Waals surface area contributed by atoms with E-state index in [2.05, 4.69) is 143 Å². The molecule has 0 N–H and O–H groups in total. The van der Waals surface area contributed by atoms with Crippen LogP contribution in [0.4, 0.5) is 22.7 Å². The molecule has 37 heavy (non-hydrogen) atoms. The van der Waals surface area contributed by atoms with Crippen LogP contribution in [0.3, 0.4) is 0 Å². The van der Waals surface area contributed by atoms with Crippen LogP contribution in [0.2, 0.25) is 0 Å². The summed E-state index contributed by atoms with van der Waals surface area (Å²) in [7, 11) is 2.19. The van der Waals surface area contributed by atoms with Crippen LogP contribution in [-0.2, 0) is 10.8 Å². The van der Waals surface area contributed by atoms with E-state index in [1.54, 1.807) is 0 Å². The molecular weight excluding hydrogens is 451 g/mol. The Morgan fingerprint density at radius 3 is 1.43 bits per heavy atom. The van der Waals surface area contributed by atoms with Gasteiger partial charge in [-0.05, 0) is 69.3 Å². The summed E-state index contributed by atoms with van der Waals surface area (Å²) in [6.45, 7) is 13.7. The van der Waals surface area contributed by atoms with Crippen molar-refractivity contribution < 1.29 is 4.74 Å². The average Bonchev–Trinajstić information content (AvgIpc) is 2.86. The van der Waals surface area contributed by atoms with Gasteiger partial charge in [-0.25, -0.2) is 0 Å². The highest BCUT2D eigenvalue weighted by Gasteiger charge is 2.41. The molecule has 0 radical (unpaired) electrons.